The lowest BCUT2D eigenvalue weighted by Gasteiger charge is -2.21. The van der Waals surface area contributed by atoms with Crippen molar-refractivity contribution in [2.75, 3.05) is 25.0 Å². The van der Waals surface area contributed by atoms with Gasteiger partial charge in [0.1, 0.15) is 0 Å². The minimum atomic E-state index is -0.215. The molecular formula is C19H31N3O2. The smallest absolute Gasteiger partial charge is 0.319 e. The Morgan fingerprint density at radius 1 is 1.04 bits per heavy atom. The first kappa shape index (κ1) is 20.0. The van der Waals surface area contributed by atoms with E-state index in [4.69, 9.17) is 0 Å². The van der Waals surface area contributed by atoms with Crippen molar-refractivity contribution in [1.82, 2.24) is 10.2 Å². The lowest BCUT2D eigenvalue weighted by Crippen LogP contribution is -2.32. The van der Waals surface area contributed by atoms with Crippen molar-refractivity contribution in [3.63, 3.8) is 0 Å². The first-order chi connectivity index (χ1) is 11.5. The highest BCUT2D eigenvalue weighted by molar-refractivity contribution is 5.95. The molecular weight excluding hydrogens is 302 g/mol. The molecule has 0 spiro atoms. The van der Waals surface area contributed by atoms with Crippen LogP contribution in [-0.2, 0) is 0 Å². The Morgan fingerprint density at radius 2 is 1.62 bits per heavy atom. The Morgan fingerprint density at radius 3 is 2.12 bits per heavy atom. The summed E-state index contributed by atoms with van der Waals surface area (Å²) in [7, 11) is 0. The number of carbonyl (C=O) groups is 2. The van der Waals surface area contributed by atoms with Gasteiger partial charge in [-0.15, -0.1) is 0 Å². The molecule has 24 heavy (non-hydrogen) atoms. The van der Waals surface area contributed by atoms with Gasteiger partial charge in [0.05, 0.1) is 0 Å². The van der Waals surface area contributed by atoms with Gasteiger partial charge in [0.25, 0.3) is 5.91 Å². The largest absolute Gasteiger partial charge is 0.339 e. The summed E-state index contributed by atoms with van der Waals surface area (Å²) in [5, 5.41) is 5.61. The second-order valence-corrected chi connectivity index (χ2v) is 6.43. The van der Waals surface area contributed by atoms with Crippen LogP contribution in [0, 0.1) is 5.92 Å². The summed E-state index contributed by atoms with van der Waals surface area (Å²) < 4.78 is 0. The number of anilines is 1. The van der Waals surface area contributed by atoms with Crippen LogP contribution in [0.4, 0.5) is 10.5 Å². The molecule has 0 aliphatic heterocycles. The molecule has 0 aliphatic carbocycles. The molecule has 0 saturated heterocycles. The van der Waals surface area contributed by atoms with Crippen molar-refractivity contribution in [2.24, 2.45) is 5.92 Å². The van der Waals surface area contributed by atoms with Crippen LogP contribution in [0.3, 0.4) is 0 Å². The fraction of sp³-hybridized carbons (Fsp3) is 0.579. The minimum absolute atomic E-state index is 0.0478. The van der Waals surface area contributed by atoms with Crippen molar-refractivity contribution in [2.45, 2.75) is 47.0 Å². The molecule has 0 bridgehead atoms. The Hall–Kier alpha value is -2.04. The first-order valence-corrected chi connectivity index (χ1v) is 8.92. The van der Waals surface area contributed by atoms with Crippen LogP contribution in [0.15, 0.2) is 24.3 Å². The number of carbonyl (C=O) groups excluding carboxylic acids is 2. The van der Waals surface area contributed by atoms with Gasteiger partial charge < -0.3 is 15.5 Å². The molecule has 0 atom stereocenters. The lowest BCUT2D eigenvalue weighted by atomic mass is 10.1. The van der Waals surface area contributed by atoms with Gasteiger partial charge in [0.15, 0.2) is 0 Å². The van der Waals surface area contributed by atoms with Crippen molar-refractivity contribution in [3.8, 4) is 0 Å². The van der Waals surface area contributed by atoms with E-state index < -0.39 is 0 Å². The van der Waals surface area contributed by atoms with E-state index in [1.165, 1.54) is 0 Å². The number of nitrogens with zero attached hydrogens (tertiary/aromatic N) is 1. The predicted molar refractivity (Wildman–Crippen MR) is 99.4 cm³/mol. The number of nitrogens with one attached hydrogen (secondary N) is 2. The predicted octanol–water partition coefficient (Wildman–Crippen LogP) is 4.12. The molecule has 0 aromatic heterocycles. The number of amides is 3. The van der Waals surface area contributed by atoms with Gasteiger partial charge >= 0.3 is 6.03 Å². The van der Waals surface area contributed by atoms with E-state index in [0.717, 1.165) is 32.4 Å². The van der Waals surface area contributed by atoms with Gasteiger partial charge in [-0.3, -0.25) is 4.79 Å². The van der Waals surface area contributed by atoms with Gasteiger partial charge in [0, 0.05) is 30.9 Å². The maximum Gasteiger partial charge on any atom is 0.319 e. The van der Waals surface area contributed by atoms with E-state index in [1.807, 2.05) is 4.90 Å². The molecule has 3 amide bonds. The van der Waals surface area contributed by atoms with Crippen LogP contribution in [0.2, 0.25) is 0 Å². The Balaban J connectivity index is 2.58. The normalized spacial score (nSPS) is 10.5. The molecule has 5 heteroatoms. The van der Waals surface area contributed by atoms with E-state index in [9.17, 15) is 9.59 Å². The maximum absolute atomic E-state index is 12.5. The molecule has 1 rings (SSSR count). The van der Waals surface area contributed by atoms with Crippen LogP contribution < -0.4 is 10.6 Å². The van der Waals surface area contributed by atoms with Gasteiger partial charge in [-0.25, -0.2) is 4.79 Å². The Bertz CT molecular complexity index is 506. The number of urea groups is 1. The third-order valence-electron chi connectivity index (χ3n) is 3.67. The fourth-order valence-electron chi connectivity index (χ4n) is 2.38. The lowest BCUT2D eigenvalue weighted by molar-refractivity contribution is 0.0755. The van der Waals surface area contributed by atoms with Crippen molar-refractivity contribution >= 4 is 17.6 Å². The minimum Gasteiger partial charge on any atom is -0.339 e. The monoisotopic (exact) mass is 333 g/mol. The quantitative estimate of drug-likeness (QED) is 0.714. The second-order valence-electron chi connectivity index (χ2n) is 6.43. The van der Waals surface area contributed by atoms with Crippen molar-refractivity contribution < 1.29 is 9.59 Å². The summed E-state index contributed by atoms with van der Waals surface area (Å²) in [4.78, 5) is 26.2. The molecule has 0 aliphatic rings. The average molecular weight is 333 g/mol. The van der Waals surface area contributed by atoms with Crippen LogP contribution >= 0.6 is 0 Å². The summed E-state index contributed by atoms with van der Waals surface area (Å²) in [5.41, 5.74) is 1.34. The molecule has 0 saturated carbocycles. The van der Waals surface area contributed by atoms with Crippen molar-refractivity contribution in [3.05, 3.63) is 29.8 Å². The third-order valence-corrected chi connectivity index (χ3v) is 3.67. The molecule has 1 aromatic carbocycles. The molecule has 1 aromatic rings. The van der Waals surface area contributed by atoms with Crippen LogP contribution in [0.5, 0.6) is 0 Å². The standard InChI is InChI=1S/C19H31N3O2/c1-5-13-22(14-6-2)18(23)16-7-9-17(10-8-16)21-19(24)20-12-11-15(3)4/h7-10,15H,5-6,11-14H2,1-4H3,(H2,20,21,24). The highest BCUT2D eigenvalue weighted by atomic mass is 16.2. The molecule has 0 unspecified atom stereocenters. The molecule has 134 valence electrons. The second kappa shape index (κ2) is 10.7. The van der Waals surface area contributed by atoms with Crippen LogP contribution in [0.1, 0.15) is 57.3 Å². The Labute approximate surface area is 145 Å². The number of hydrogen-bond donors (Lipinski definition) is 2. The molecule has 5 nitrogen and oxygen atoms in total. The summed E-state index contributed by atoms with van der Waals surface area (Å²) in [6.07, 6.45) is 2.84. The van der Waals surface area contributed by atoms with Crippen LogP contribution in [-0.4, -0.2) is 36.5 Å². The summed E-state index contributed by atoms with van der Waals surface area (Å²) >= 11 is 0. The first-order valence-electron chi connectivity index (χ1n) is 8.92. The highest BCUT2D eigenvalue weighted by Gasteiger charge is 2.14. The van der Waals surface area contributed by atoms with Crippen LogP contribution in [0.25, 0.3) is 0 Å². The zero-order chi connectivity index (χ0) is 17.9. The summed E-state index contributed by atoms with van der Waals surface area (Å²) in [6, 6.07) is 6.86. The Kier molecular flexibility index (Phi) is 8.90. The molecule has 0 heterocycles. The molecule has 2 N–H and O–H groups in total. The summed E-state index contributed by atoms with van der Waals surface area (Å²) in [5.74, 6) is 0.608. The van der Waals surface area contributed by atoms with E-state index in [0.29, 0.717) is 23.7 Å². The number of benzene rings is 1. The highest BCUT2D eigenvalue weighted by Crippen LogP contribution is 2.12. The van der Waals surface area contributed by atoms with Gasteiger partial charge in [0.2, 0.25) is 0 Å². The number of hydrogen-bond acceptors (Lipinski definition) is 2. The van der Waals surface area contributed by atoms with E-state index in [2.05, 4.69) is 38.3 Å². The van der Waals surface area contributed by atoms with Gasteiger partial charge in [-0.2, -0.15) is 0 Å². The van der Waals surface area contributed by atoms with Gasteiger partial charge in [-0.1, -0.05) is 27.7 Å². The zero-order valence-electron chi connectivity index (χ0n) is 15.4. The number of rotatable bonds is 9. The molecule has 0 fully saturated rings. The topological polar surface area (TPSA) is 61.4 Å². The summed E-state index contributed by atoms with van der Waals surface area (Å²) in [6.45, 7) is 10.6. The van der Waals surface area contributed by atoms with Crippen molar-refractivity contribution in [1.29, 1.82) is 0 Å². The van der Waals surface area contributed by atoms with Gasteiger partial charge in [-0.05, 0) is 49.4 Å². The third kappa shape index (κ3) is 7.02. The zero-order valence-corrected chi connectivity index (χ0v) is 15.4. The van der Waals surface area contributed by atoms with E-state index >= 15 is 0 Å². The SMILES string of the molecule is CCCN(CCC)C(=O)c1ccc(NC(=O)NCCC(C)C)cc1. The fourth-order valence-corrected chi connectivity index (χ4v) is 2.38. The van der Waals surface area contributed by atoms with E-state index in [-0.39, 0.29) is 11.9 Å². The van der Waals surface area contributed by atoms with E-state index in [1.54, 1.807) is 24.3 Å². The molecule has 0 radical (unpaired) electrons. The average Bonchev–Trinajstić information content (AvgIpc) is 2.54. The maximum atomic E-state index is 12.5.